The summed E-state index contributed by atoms with van der Waals surface area (Å²) in [5.74, 6) is -0.273. The predicted octanol–water partition coefficient (Wildman–Crippen LogP) is 3.26. The molecule has 2 aromatic rings. The van der Waals surface area contributed by atoms with Gasteiger partial charge in [0, 0.05) is 13.0 Å². The molecule has 0 amide bonds. The number of rotatable bonds is 5. The van der Waals surface area contributed by atoms with Gasteiger partial charge in [-0.25, -0.2) is 4.39 Å². The first-order valence-corrected chi connectivity index (χ1v) is 7.44. The maximum atomic E-state index is 13.1. The average molecular weight is 341 g/mol. The summed E-state index contributed by atoms with van der Waals surface area (Å²) in [5, 5.41) is 14.6. The summed E-state index contributed by atoms with van der Waals surface area (Å²) in [6, 6.07) is 6.35. The van der Waals surface area contributed by atoms with E-state index in [2.05, 4.69) is 21.0 Å². The van der Waals surface area contributed by atoms with Gasteiger partial charge >= 0.3 is 0 Å². The van der Waals surface area contributed by atoms with Crippen LogP contribution in [0.25, 0.3) is 0 Å². The van der Waals surface area contributed by atoms with Crippen LogP contribution < -0.4 is 0 Å². The van der Waals surface area contributed by atoms with Gasteiger partial charge in [-0.05, 0) is 53.9 Å². The Morgan fingerprint density at radius 3 is 2.80 bits per heavy atom. The van der Waals surface area contributed by atoms with Crippen LogP contribution in [0.15, 0.2) is 28.7 Å². The maximum absolute atomic E-state index is 13.1. The first-order valence-electron chi connectivity index (χ1n) is 6.65. The number of aromatic nitrogens is 2. The van der Waals surface area contributed by atoms with E-state index in [9.17, 15) is 9.50 Å². The normalized spacial score (nSPS) is 12.7. The van der Waals surface area contributed by atoms with E-state index >= 15 is 0 Å². The van der Waals surface area contributed by atoms with Crippen LogP contribution >= 0.6 is 15.9 Å². The van der Waals surface area contributed by atoms with Gasteiger partial charge in [-0.1, -0.05) is 12.1 Å². The van der Waals surface area contributed by atoms with E-state index in [0.29, 0.717) is 12.8 Å². The van der Waals surface area contributed by atoms with Crippen molar-refractivity contribution < 1.29 is 9.50 Å². The molecule has 0 radical (unpaired) electrons. The number of hydrogen-bond acceptors (Lipinski definition) is 2. The minimum Gasteiger partial charge on any atom is -0.392 e. The largest absolute Gasteiger partial charge is 0.392 e. The molecule has 1 aromatic carbocycles. The Bertz CT molecular complexity index is 598. The standard InChI is InChI=1S/C15H18BrFN2O/c1-3-19-14(15(16)10(2)18-19)9-13(20)8-11-5-4-6-12(17)7-11/h4-7,13,20H,3,8-9H2,1-2H3. The van der Waals surface area contributed by atoms with Crippen LogP contribution in [0.3, 0.4) is 0 Å². The van der Waals surface area contributed by atoms with Crippen molar-refractivity contribution in [2.75, 3.05) is 0 Å². The molecule has 1 N–H and O–H groups in total. The van der Waals surface area contributed by atoms with Gasteiger partial charge in [-0.3, -0.25) is 4.68 Å². The summed E-state index contributed by atoms with van der Waals surface area (Å²) >= 11 is 3.51. The lowest BCUT2D eigenvalue weighted by Gasteiger charge is -2.12. The molecule has 0 spiro atoms. The van der Waals surface area contributed by atoms with Crippen molar-refractivity contribution in [3.05, 3.63) is 51.5 Å². The highest BCUT2D eigenvalue weighted by atomic mass is 79.9. The first kappa shape index (κ1) is 15.2. The average Bonchev–Trinajstić information content (AvgIpc) is 2.66. The number of aliphatic hydroxyl groups excluding tert-OH is 1. The van der Waals surface area contributed by atoms with Crippen LogP contribution in [0.2, 0.25) is 0 Å². The predicted molar refractivity (Wildman–Crippen MR) is 80.2 cm³/mol. The first-order chi connectivity index (χ1) is 9.51. The third kappa shape index (κ3) is 3.46. The molecule has 0 bridgehead atoms. The Balaban J connectivity index is 2.10. The molecule has 1 unspecified atom stereocenters. The summed E-state index contributed by atoms with van der Waals surface area (Å²) < 4.78 is 16.0. The minimum absolute atomic E-state index is 0.273. The van der Waals surface area contributed by atoms with Gasteiger partial charge in [-0.2, -0.15) is 5.10 Å². The molecule has 3 nitrogen and oxygen atoms in total. The Morgan fingerprint density at radius 2 is 2.15 bits per heavy atom. The van der Waals surface area contributed by atoms with Gasteiger partial charge in [0.15, 0.2) is 0 Å². The highest BCUT2D eigenvalue weighted by molar-refractivity contribution is 9.10. The summed E-state index contributed by atoms with van der Waals surface area (Å²) in [4.78, 5) is 0. The fraction of sp³-hybridized carbons (Fsp3) is 0.400. The zero-order chi connectivity index (χ0) is 14.7. The molecule has 0 aliphatic rings. The second kappa shape index (κ2) is 6.50. The van der Waals surface area contributed by atoms with Crippen LogP contribution in [-0.2, 0) is 19.4 Å². The maximum Gasteiger partial charge on any atom is 0.123 e. The van der Waals surface area contributed by atoms with Crippen molar-refractivity contribution in [1.82, 2.24) is 9.78 Å². The molecule has 5 heteroatoms. The lowest BCUT2D eigenvalue weighted by atomic mass is 10.0. The number of aliphatic hydroxyl groups is 1. The lowest BCUT2D eigenvalue weighted by Crippen LogP contribution is -2.17. The van der Waals surface area contributed by atoms with E-state index in [-0.39, 0.29) is 5.82 Å². The minimum atomic E-state index is -0.561. The molecule has 0 saturated heterocycles. The number of nitrogens with zero attached hydrogens (tertiary/aromatic N) is 2. The zero-order valence-corrected chi connectivity index (χ0v) is 13.2. The molecule has 1 aromatic heterocycles. The SMILES string of the molecule is CCn1nc(C)c(Br)c1CC(O)Cc1cccc(F)c1. The fourth-order valence-electron chi connectivity index (χ4n) is 2.30. The Kier molecular flexibility index (Phi) is 4.94. The van der Waals surface area contributed by atoms with Gasteiger partial charge in [0.1, 0.15) is 5.82 Å². The van der Waals surface area contributed by atoms with E-state index in [4.69, 9.17) is 0 Å². The summed E-state index contributed by atoms with van der Waals surface area (Å²) in [7, 11) is 0. The van der Waals surface area contributed by atoms with Crippen molar-refractivity contribution in [2.24, 2.45) is 0 Å². The van der Waals surface area contributed by atoms with Gasteiger partial charge < -0.3 is 5.11 Å². The topological polar surface area (TPSA) is 38.0 Å². The Labute approximate surface area is 126 Å². The highest BCUT2D eigenvalue weighted by Gasteiger charge is 2.16. The number of halogens is 2. The molecule has 0 saturated carbocycles. The molecular weight excluding hydrogens is 323 g/mol. The van der Waals surface area contributed by atoms with E-state index in [0.717, 1.165) is 28.0 Å². The van der Waals surface area contributed by atoms with E-state index in [1.165, 1.54) is 12.1 Å². The number of benzene rings is 1. The molecule has 1 atom stereocenters. The van der Waals surface area contributed by atoms with E-state index < -0.39 is 6.10 Å². The van der Waals surface area contributed by atoms with Crippen LogP contribution in [0.4, 0.5) is 4.39 Å². The highest BCUT2D eigenvalue weighted by Crippen LogP contribution is 2.23. The molecule has 1 heterocycles. The van der Waals surface area contributed by atoms with E-state index in [1.807, 2.05) is 24.6 Å². The van der Waals surface area contributed by atoms with Crippen LogP contribution in [0, 0.1) is 12.7 Å². The number of aryl methyl sites for hydroxylation is 2. The van der Waals surface area contributed by atoms with Gasteiger partial charge in [0.05, 0.1) is 22.0 Å². The van der Waals surface area contributed by atoms with Gasteiger partial charge in [-0.15, -0.1) is 0 Å². The van der Waals surface area contributed by atoms with E-state index in [1.54, 1.807) is 6.07 Å². The molecule has 2 rings (SSSR count). The molecule has 108 valence electrons. The van der Waals surface area contributed by atoms with Crippen LogP contribution in [0.1, 0.15) is 23.9 Å². The smallest absolute Gasteiger partial charge is 0.123 e. The van der Waals surface area contributed by atoms with Crippen molar-refractivity contribution in [2.45, 2.75) is 39.3 Å². The quantitative estimate of drug-likeness (QED) is 0.907. The van der Waals surface area contributed by atoms with Crippen molar-refractivity contribution in [1.29, 1.82) is 0 Å². The number of hydrogen-bond donors (Lipinski definition) is 1. The van der Waals surface area contributed by atoms with Crippen molar-refractivity contribution in [3.63, 3.8) is 0 Å². The summed E-state index contributed by atoms with van der Waals surface area (Å²) in [6.45, 7) is 4.70. The molecular formula is C15H18BrFN2O. The lowest BCUT2D eigenvalue weighted by molar-refractivity contribution is 0.172. The second-order valence-corrected chi connectivity index (χ2v) is 5.65. The molecule has 0 aliphatic heterocycles. The third-order valence-corrected chi connectivity index (χ3v) is 4.27. The second-order valence-electron chi connectivity index (χ2n) is 4.85. The molecule has 0 fully saturated rings. The molecule has 0 aliphatic carbocycles. The van der Waals surface area contributed by atoms with Crippen molar-refractivity contribution >= 4 is 15.9 Å². The third-order valence-electron chi connectivity index (χ3n) is 3.24. The fourth-order valence-corrected chi connectivity index (χ4v) is 2.74. The summed E-state index contributed by atoms with van der Waals surface area (Å²) in [6.07, 6.45) is 0.360. The Hall–Kier alpha value is -1.20. The monoisotopic (exact) mass is 340 g/mol. The van der Waals surface area contributed by atoms with Crippen LogP contribution in [-0.4, -0.2) is 21.0 Å². The molecule has 20 heavy (non-hydrogen) atoms. The van der Waals surface area contributed by atoms with Gasteiger partial charge in [0.25, 0.3) is 0 Å². The zero-order valence-electron chi connectivity index (χ0n) is 11.6. The van der Waals surface area contributed by atoms with Crippen molar-refractivity contribution in [3.8, 4) is 0 Å². The Morgan fingerprint density at radius 1 is 1.40 bits per heavy atom. The summed E-state index contributed by atoms with van der Waals surface area (Å²) in [5.41, 5.74) is 2.70. The van der Waals surface area contributed by atoms with Gasteiger partial charge in [0.2, 0.25) is 0 Å². The van der Waals surface area contributed by atoms with Crippen LogP contribution in [0.5, 0.6) is 0 Å².